The summed E-state index contributed by atoms with van der Waals surface area (Å²) in [7, 11) is 1.58. The topological polar surface area (TPSA) is 102 Å². The molecule has 19 heavy (non-hydrogen) atoms. The third-order valence-electron chi connectivity index (χ3n) is 2.72. The van der Waals surface area contributed by atoms with E-state index in [4.69, 9.17) is 20.3 Å². The van der Waals surface area contributed by atoms with Gasteiger partial charge in [-0.15, -0.1) is 0 Å². The number of nitrogens with two attached hydrogens (primary N) is 1. The normalized spacial score (nSPS) is 18.3. The molecule has 0 saturated carbocycles. The van der Waals surface area contributed by atoms with Gasteiger partial charge in [0.05, 0.1) is 5.69 Å². The third kappa shape index (κ3) is 2.76. The van der Waals surface area contributed by atoms with Crippen molar-refractivity contribution >= 4 is 17.6 Å². The summed E-state index contributed by atoms with van der Waals surface area (Å²) in [6.45, 7) is -0.345. The van der Waals surface area contributed by atoms with E-state index in [-0.39, 0.29) is 12.5 Å². The van der Waals surface area contributed by atoms with Gasteiger partial charge in [-0.2, -0.15) is 0 Å². The first-order valence-corrected chi connectivity index (χ1v) is 5.63. The van der Waals surface area contributed by atoms with Crippen molar-refractivity contribution in [3.8, 4) is 11.5 Å². The van der Waals surface area contributed by atoms with Gasteiger partial charge < -0.3 is 25.2 Å². The molecule has 102 valence electrons. The molecule has 1 aliphatic heterocycles. The monoisotopic (exact) mass is 266 g/mol. The summed E-state index contributed by atoms with van der Waals surface area (Å²) in [4.78, 5) is 23.7. The number of nitrogens with zero attached hydrogens (tertiary/aromatic N) is 1. The Bertz CT molecular complexity index is 517. The Morgan fingerprint density at radius 1 is 1.63 bits per heavy atom. The number of likely N-dealkylation sites (N-methyl/N-ethyl adjacent to an activating group) is 1. The lowest BCUT2D eigenvalue weighted by Gasteiger charge is -2.18. The summed E-state index contributed by atoms with van der Waals surface area (Å²) in [5, 5.41) is 8.56. The Labute approximate surface area is 109 Å². The maximum absolute atomic E-state index is 11.9. The molecular weight excluding hydrogens is 252 g/mol. The number of anilines is 1. The number of benzene rings is 1. The van der Waals surface area contributed by atoms with Gasteiger partial charge in [0.25, 0.3) is 0 Å². The number of carbonyl (C=O) groups is 2. The van der Waals surface area contributed by atoms with Crippen molar-refractivity contribution in [3.05, 3.63) is 18.2 Å². The lowest BCUT2D eigenvalue weighted by molar-refractivity contribution is -0.139. The van der Waals surface area contributed by atoms with Crippen LogP contribution in [0.2, 0.25) is 0 Å². The van der Waals surface area contributed by atoms with Crippen LogP contribution in [-0.2, 0) is 9.59 Å². The molecule has 1 atom stereocenters. The number of aliphatic carboxylic acids is 1. The molecular formula is C12H14N2O5. The average Bonchev–Trinajstić information content (AvgIpc) is 2.49. The van der Waals surface area contributed by atoms with Crippen molar-refractivity contribution in [2.45, 2.75) is 6.04 Å². The van der Waals surface area contributed by atoms with Gasteiger partial charge in [-0.05, 0) is 12.1 Å². The van der Waals surface area contributed by atoms with Crippen LogP contribution in [0.4, 0.5) is 5.69 Å². The highest BCUT2D eigenvalue weighted by Gasteiger charge is 2.26. The van der Waals surface area contributed by atoms with Crippen LogP contribution in [0.5, 0.6) is 11.5 Å². The second-order valence-electron chi connectivity index (χ2n) is 4.13. The van der Waals surface area contributed by atoms with Crippen LogP contribution in [0.3, 0.4) is 0 Å². The first-order chi connectivity index (χ1) is 8.99. The molecule has 7 heteroatoms. The Morgan fingerprint density at radius 3 is 3.05 bits per heavy atom. The van der Waals surface area contributed by atoms with E-state index in [1.165, 1.54) is 4.90 Å². The maximum atomic E-state index is 11.9. The van der Waals surface area contributed by atoms with Crippen molar-refractivity contribution in [2.24, 2.45) is 5.73 Å². The van der Waals surface area contributed by atoms with E-state index in [1.807, 2.05) is 0 Å². The summed E-state index contributed by atoms with van der Waals surface area (Å²) in [5.74, 6) is -0.488. The number of amides is 1. The first-order valence-electron chi connectivity index (χ1n) is 5.63. The molecule has 2 rings (SSSR count). The van der Waals surface area contributed by atoms with Crippen molar-refractivity contribution in [3.63, 3.8) is 0 Å². The molecule has 1 amide bonds. The van der Waals surface area contributed by atoms with Gasteiger partial charge in [0, 0.05) is 13.1 Å². The molecule has 0 radical (unpaired) electrons. The molecule has 1 heterocycles. The van der Waals surface area contributed by atoms with Crippen molar-refractivity contribution in [1.29, 1.82) is 0 Å². The average molecular weight is 266 g/mol. The first kappa shape index (κ1) is 13.2. The zero-order valence-corrected chi connectivity index (χ0v) is 10.3. The zero-order valence-electron chi connectivity index (χ0n) is 10.3. The predicted molar refractivity (Wildman–Crippen MR) is 66.5 cm³/mol. The van der Waals surface area contributed by atoms with Gasteiger partial charge in [0.15, 0.2) is 6.61 Å². The van der Waals surface area contributed by atoms with E-state index in [9.17, 15) is 9.59 Å². The summed E-state index contributed by atoms with van der Waals surface area (Å²) < 4.78 is 10.5. The number of carboxylic acid groups (broad SMARTS) is 1. The van der Waals surface area contributed by atoms with Gasteiger partial charge in [-0.25, -0.2) is 4.79 Å². The molecule has 0 bridgehead atoms. The molecule has 3 N–H and O–H groups in total. The van der Waals surface area contributed by atoms with Gasteiger partial charge in [0.1, 0.15) is 24.1 Å². The lowest BCUT2D eigenvalue weighted by Crippen LogP contribution is -2.43. The number of hydrogen-bond donors (Lipinski definition) is 2. The van der Waals surface area contributed by atoms with Crippen LogP contribution in [0, 0.1) is 0 Å². The number of hydrogen-bond acceptors (Lipinski definition) is 5. The molecule has 1 aromatic rings. The van der Waals surface area contributed by atoms with Gasteiger partial charge >= 0.3 is 5.97 Å². The van der Waals surface area contributed by atoms with Crippen LogP contribution in [-0.4, -0.2) is 43.3 Å². The zero-order chi connectivity index (χ0) is 14.0. The highest BCUT2D eigenvalue weighted by atomic mass is 16.5. The molecule has 0 saturated heterocycles. The highest BCUT2D eigenvalue weighted by molar-refractivity contribution is 5.98. The van der Waals surface area contributed by atoms with E-state index < -0.39 is 18.6 Å². The largest absolute Gasteiger partial charge is 0.489 e. The highest BCUT2D eigenvalue weighted by Crippen LogP contribution is 2.33. The number of rotatable bonds is 3. The van der Waals surface area contributed by atoms with Crippen LogP contribution in [0.25, 0.3) is 0 Å². The fourth-order valence-corrected chi connectivity index (χ4v) is 1.73. The second kappa shape index (κ2) is 5.15. The Morgan fingerprint density at radius 2 is 2.37 bits per heavy atom. The number of carboxylic acids is 1. The quantitative estimate of drug-likeness (QED) is 0.787. The van der Waals surface area contributed by atoms with E-state index in [0.29, 0.717) is 17.2 Å². The molecule has 0 aromatic heterocycles. The van der Waals surface area contributed by atoms with Crippen molar-refractivity contribution in [2.75, 3.05) is 25.2 Å². The van der Waals surface area contributed by atoms with Gasteiger partial charge in [0.2, 0.25) is 5.91 Å². The maximum Gasteiger partial charge on any atom is 0.341 e. The Kier molecular flexibility index (Phi) is 3.57. The van der Waals surface area contributed by atoms with Crippen molar-refractivity contribution in [1.82, 2.24) is 0 Å². The molecule has 0 fully saturated rings. The predicted octanol–water partition coefficient (Wildman–Crippen LogP) is -0.167. The van der Waals surface area contributed by atoms with E-state index in [0.717, 1.165) is 0 Å². The minimum Gasteiger partial charge on any atom is -0.489 e. The van der Waals surface area contributed by atoms with Crippen molar-refractivity contribution < 1.29 is 24.2 Å². The molecule has 1 aromatic carbocycles. The molecule has 1 aliphatic rings. The SMILES string of the molecule is CN1C(=O)[C@@H](N)COc2ccc(OCC(=O)O)cc21. The number of fused-ring (bicyclic) bond motifs is 1. The fraction of sp³-hybridized carbons (Fsp3) is 0.333. The molecule has 7 nitrogen and oxygen atoms in total. The summed E-state index contributed by atoms with van der Waals surface area (Å²) >= 11 is 0. The standard InChI is InChI=1S/C12H14N2O5/c1-14-9-4-7(18-6-11(15)16)2-3-10(9)19-5-8(13)12(14)17/h2-4,8H,5-6,13H2,1H3,(H,15,16)/t8-/m0/s1. The van der Waals surface area contributed by atoms with E-state index in [1.54, 1.807) is 25.2 Å². The van der Waals surface area contributed by atoms with Crippen LogP contribution in [0.15, 0.2) is 18.2 Å². The van der Waals surface area contributed by atoms with Crippen LogP contribution < -0.4 is 20.1 Å². The van der Waals surface area contributed by atoms with Gasteiger partial charge in [-0.3, -0.25) is 4.79 Å². The summed E-state index contributed by atoms with van der Waals surface area (Å²) in [6.07, 6.45) is 0. The lowest BCUT2D eigenvalue weighted by atomic mass is 10.2. The minimum atomic E-state index is -1.07. The molecule has 0 aliphatic carbocycles. The number of ether oxygens (including phenoxy) is 2. The van der Waals surface area contributed by atoms with Gasteiger partial charge in [-0.1, -0.05) is 0 Å². The van der Waals surface area contributed by atoms with Crippen LogP contribution in [0.1, 0.15) is 0 Å². The van der Waals surface area contributed by atoms with Crippen LogP contribution >= 0.6 is 0 Å². The second-order valence-corrected chi connectivity index (χ2v) is 4.13. The smallest absolute Gasteiger partial charge is 0.341 e. The third-order valence-corrected chi connectivity index (χ3v) is 2.72. The Hall–Kier alpha value is -2.28. The summed E-state index contributed by atoms with van der Waals surface area (Å²) in [5.41, 5.74) is 6.16. The van der Waals surface area contributed by atoms with E-state index >= 15 is 0 Å². The van der Waals surface area contributed by atoms with E-state index in [2.05, 4.69) is 0 Å². The molecule has 0 unspecified atom stereocenters. The fourth-order valence-electron chi connectivity index (χ4n) is 1.73. The minimum absolute atomic E-state index is 0.103. The summed E-state index contributed by atoms with van der Waals surface area (Å²) in [6, 6.07) is 4.03. The number of carbonyl (C=O) groups excluding carboxylic acids is 1. The Balaban J connectivity index is 2.28. The molecule has 0 spiro atoms.